The van der Waals surface area contributed by atoms with Crippen LogP contribution in [0.25, 0.3) is 0 Å². The first-order valence-corrected chi connectivity index (χ1v) is 44.6. The van der Waals surface area contributed by atoms with Gasteiger partial charge in [0.15, 0.2) is 12.2 Å². The van der Waals surface area contributed by atoms with Crippen molar-refractivity contribution in [2.45, 2.75) is 290 Å². The molecule has 628 valence electrons. The number of allylic oxidation sites excluding steroid dienone is 38. The average molecular weight is 1600 g/mol. The van der Waals surface area contributed by atoms with Gasteiger partial charge in [-0.3, -0.25) is 37.3 Å². The summed E-state index contributed by atoms with van der Waals surface area (Å²) in [6.07, 6.45) is 106. The maximum atomic E-state index is 13.1. The lowest BCUT2D eigenvalue weighted by Gasteiger charge is -2.21. The van der Waals surface area contributed by atoms with Crippen molar-refractivity contribution in [1.29, 1.82) is 0 Å². The fraction of sp³-hybridized carbons (Fsp3) is 0.548. The molecule has 0 amide bonds. The number of esters is 4. The lowest BCUT2D eigenvalue weighted by molar-refractivity contribution is -0.161. The SMILES string of the molecule is CC/C=C\C/C=C\C/C=C\C/C=C\C/C=C\C/C=C\CCC(=O)OCC(COP(=O)(O)OCC(O)COP(=O)(O)OCC(COC(=O)CCCCCCCC/C=C\C/C=C\C/C=C\CCCCC)OC(=O)CCC/C=C\C/C=C\C/C=C\C/C=C\C/C=C\CC)OC(=O)CCC/C=C\C/C=C\C/C=C\C/C=C\C/C=C\CC. The second kappa shape index (κ2) is 82.1. The van der Waals surface area contributed by atoms with Crippen molar-refractivity contribution in [1.82, 2.24) is 0 Å². The third kappa shape index (κ3) is 81.1. The Morgan fingerprint density at radius 1 is 0.259 bits per heavy atom. The van der Waals surface area contributed by atoms with Gasteiger partial charge in [-0.1, -0.05) is 297 Å². The molecule has 0 aromatic rings. The number of carbonyl (C=O) groups is 4. The molecule has 0 heterocycles. The van der Waals surface area contributed by atoms with Gasteiger partial charge in [0.05, 0.1) is 26.4 Å². The van der Waals surface area contributed by atoms with Crippen molar-refractivity contribution in [3.63, 3.8) is 0 Å². The number of phosphoric ester groups is 2. The van der Waals surface area contributed by atoms with Gasteiger partial charge in [-0.2, -0.15) is 0 Å². The van der Waals surface area contributed by atoms with Crippen molar-refractivity contribution in [2.24, 2.45) is 0 Å². The average Bonchev–Trinajstić information content (AvgIpc) is 0.895. The van der Waals surface area contributed by atoms with Gasteiger partial charge in [-0.25, -0.2) is 9.13 Å². The lowest BCUT2D eigenvalue weighted by Crippen LogP contribution is -2.30. The number of aliphatic hydroxyl groups excluding tert-OH is 1. The minimum Gasteiger partial charge on any atom is -0.462 e. The molecule has 0 aliphatic carbocycles. The molecule has 5 atom stereocenters. The van der Waals surface area contributed by atoms with E-state index in [0.717, 1.165) is 154 Å². The molecule has 0 saturated carbocycles. The van der Waals surface area contributed by atoms with Crippen LogP contribution < -0.4 is 0 Å². The Balaban J connectivity index is 5.59. The van der Waals surface area contributed by atoms with E-state index in [4.69, 9.17) is 37.0 Å². The molecule has 0 saturated heterocycles. The predicted molar refractivity (Wildman–Crippen MR) is 463 cm³/mol. The number of carbonyl (C=O) groups excluding carboxylic acids is 4. The van der Waals surface area contributed by atoms with Crippen molar-refractivity contribution in [2.75, 3.05) is 39.6 Å². The standard InChI is InChI=1S/C93H144O17P2/c1-5-9-13-17-21-25-29-33-37-41-43-47-49-53-57-61-65-69-73-77-90(95)103-83-88(109-92(97)79-75-71-67-63-59-55-51-45-39-35-31-27-23-19-15-11-7-3)85-107-111(99,100)105-81-87(94)82-106-112(101,102)108-86-89(110-93(98)80-76-72-68-64-60-56-52-46-40-36-32-28-24-20-16-12-8-4)84-104-91(96)78-74-70-66-62-58-54-50-48-44-42-38-34-30-26-22-18-14-10-6-2/h9,11-13,15-16,21-28,33-40,43-44,47-48,51-53,55-57,63-65,67-69,87-89,94H,5-8,10,14,17-20,29-32,41-42,45-46,49-50,54,58-62,66,70-86H2,1-4H3,(H,99,100)(H,101,102)/b13-9-,15-11-,16-12-,25-21-,26-22-,27-23-,28-24-,37-33-,38-34-,39-35-,40-36-,47-43-,48-44-,55-51-,56-52-,57-53-,67-63-,68-64-,69-65-. The summed E-state index contributed by atoms with van der Waals surface area (Å²) < 4.78 is 68.5. The summed E-state index contributed by atoms with van der Waals surface area (Å²) in [6.45, 7) is 4.24. The molecule has 0 aliphatic heterocycles. The third-order valence-corrected chi connectivity index (χ3v) is 18.0. The van der Waals surface area contributed by atoms with E-state index in [0.29, 0.717) is 44.9 Å². The number of rotatable bonds is 75. The molecule has 0 rings (SSSR count). The molecular weight excluding hydrogens is 1450 g/mol. The van der Waals surface area contributed by atoms with E-state index in [1.54, 1.807) is 0 Å². The van der Waals surface area contributed by atoms with Crippen LogP contribution in [-0.2, 0) is 65.4 Å². The molecule has 0 aromatic carbocycles. The summed E-state index contributed by atoms with van der Waals surface area (Å²) in [5, 5.41) is 10.7. The van der Waals surface area contributed by atoms with Gasteiger partial charge in [-0.15, -0.1) is 0 Å². The van der Waals surface area contributed by atoms with E-state index in [2.05, 4.69) is 216 Å². The molecule has 112 heavy (non-hydrogen) atoms. The Labute approximate surface area is 676 Å². The molecule has 0 fully saturated rings. The normalized spacial score (nSPS) is 15.0. The molecular formula is C93H144O17P2. The zero-order valence-corrected chi connectivity index (χ0v) is 70.5. The Bertz CT molecular complexity index is 3040. The highest BCUT2D eigenvalue weighted by atomic mass is 31.2. The number of hydrogen-bond donors (Lipinski definition) is 3. The molecule has 0 aromatic heterocycles. The topological polar surface area (TPSA) is 237 Å². The number of aliphatic hydroxyl groups is 1. The Morgan fingerprint density at radius 2 is 0.491 bits per heavy atom. The van der Waals surface area contributed by atoms with Crippen LogP contribution in [0.4, 0.5) is 0 Å². The summed E-state index contributed by atoms with van der Waals surface area (Å²) in [5.41, 5.74) is 0. The minimum atomic E-state index is -5.03. The minimum absolute atomic E-state index is 0.000209. The Morgan fingerprint density at radius 3 is 0.795 bits per heavy atom. The molecule has 17 nitrogen and oxygen atoms in total. The van der Waals surface area contributed by atoms with Crippen LogP contribution in [-0.4, -0.2) is 96.7 Å². The molecule has 0 aliphatic rings. The summed E-state index contributed by atoms with van der Waals surface area (Å²) >= 11 is 0. The largest absolute Gasteiger partial charge is 0.472 e. The van der Waals surface area contributed by atoms with Crippen molar-refractivity contribution in [3.05, 3.63) is 231 Å². The number of hydrogen-bond acceptors (Lipinski definition) is 15. The van der Waals surface area contributed by atoms with Crippen LogP contribution in [0, 0.1) is 0 Å². The van der Waals surface area contributed by atoms with Crippen LogP contribution >= 0.6 is 15.6 Å². The van der Waals surface area contributed by atoms with E-state index < -0.39 is 97.5 Å². The summed E-state index contributed by atoms with van der Waals surface area (Å²) in [6, 6.07) is 0. The zero-order valence-electron chi connectivity index (χ0n) is 68.7. The monoisotopic (exact) mass is 1590 g/mol. The number of unbranched alkanes of at least 4 members (excludes halogenated alkanes) is 11. The van der Waals surface area contributed by atoms with Crippen LogP contribution in [0.3, 0.4) is 0 Å². The first kappa shape index (κ1) is 105. The van der Waals surface area contributed by atoms with Crippen molar-refractivity contribution < 1.29 is 80.2 Å². The van der Waals surface area contributed by atoms with Gasteiger partial charge in [-0.05, 0) is 180 Å². The smallest absolute Gasteiger partial charge is 0.462 e. The fourth-order valence-corrected chi connectivity index (χ4v) is 11.5. The van der Waals surface area contributed by atoms with Crippen LogP contribution in [0.15, 0.2) is 231 Å². The molecule has 0 radical (unpaired) electrons. The summed E-state index contributed by atoms with van der Waals surface area (Å²) in [5.74, 6) is -2.45. The van der Waals surface area contributed by atoms with E-state index in [1.165, 1.54) is 19.3 Å². The maximum absolute atomic E-state index is 13.1. The number of ether oxygens (including phenoxy) is 4. The molecule has 0 spiro atoms. The van der Waals surface area contributed by atoms with Gasteiger partial charge in [0, 0.05) is 25.7 Å². The van der Waals surface area contributed by atoms with Gasteiger partial charge >= 0.3 is 39.5 Å². The molecule has 3 N–H and O–H groups in total. The van der Waals surface area contributed by atoms with Gasteiger partial charge < -0.3 is 33.8 Å². The molecule has 0 bridgehead atoms. The Kier molecular flexibility index (Phi) is 77.1. The molecule has 5 unspecified atom stereocenters. The first-order valence-electron chi connectivity index (χ1n) is 41.6. The van der Waals surface area contributed by atoms with Gasteiger partial charge in [0.1, 0.15) is 19.3 Å². The van der Waals surface area contributed by atoms with Gasteiger partial charge in [0.25, 0.3) is 0 Å². The highest BCUT2D eigenvalue weighted by molar-refractivity contribution is 7.47. The van der Waals surface area contributed by atoms with E-state index >= 15 is 0 Å². The van der Waals surface area contributed by atoms with E-state index in [9.17, 15) is 43.2 Å². The van der Waals surface area contributed by atoms with Crippen LogP contribution in [0.2, 0.25) is 0 Å². The third-order valence-electron chi connectivity index (χ3n) is 16.1. The lowest BCUT2D eigenvalue weighted by atomic mass is 10.1. The number of phosphoric acid groups is 2. The predicted octanol–water partition coefficient (Wildman–Crippen LogP) is 25.0. The second-order valence-electron chi connectivity index (χ2n) is 26.6. The Hall–Kier alpha value is -6.88. The van der Waals surface area contributed by atoms with E-state index in [1.807, 2.05) is 42.5 Å². The quantitative estimate of drug-likeness (QED) is 0.0169. The second-order valence-corrected chi connectivity index (χ2v) is 29.5. The van der Waals surface area contributed by atoms with Crippen LogP contribution in [0.1, 0.15) is 272 Å². The maximum Gasteiger partial charge on any atom is 0.472 e. The first-order chi connectivity index (χ1) is 54.7. The highest BCUT2D eigenvalue weighted by Crippen LogP contribution is 2.45. The molecule has 19 heteroatoms. The van der Waals surface area contributed by atoms with E-state index in [-0.39, 0.29) is 25.7 Å². The summed E-state index contributed by atoms with van der Waals surface area (Å²) in [4.78, 5) is 73.2. The van der Waals surface area contributed by atoms with Gasteiger partial charge in [0.2, 0.25) is 0 Å². The zero-order chi connectivity index (χ0) is 81.7. The van der Waals surface area contributed by atoms with Crippen molar-refractivity contribution in [3.8, 4) is 0 Å². The van der Waals surface area contributed by atoms with Crippen molar-refractivity contribution >= 4 is 39.5 Å². The highest BCUT2D eigenvalue weighted by Gasteiger charge is 2.30. The fourth-order valence-electron chi connectivity index (χ4n) is 9.91. The summed E-state index contributed by atoms with van der Waals surface area (Å²) in [7, 11) is -10.1. The van der Waals surface area contributed by atoms with Crippen LogP contribution in [0.5, 0.6) is 0 Å².